The molecule has 0 aliphatic heterocycles. The zero-order valence-electron chi connectivity index (χ0n) is 13.3. The van der Waals surface area contributed by atoms with Crippen molar-refractivity contribution in [2.24, 2.45) is 0 Å². The zero-order valence-corrected chi connectivity index (χ0v) is 13.3. The highest BCUT2D eigenvalue weighted by Crippen LogP contribution is 2.15. The van der Waals surface area contributed by atoms with E-state index in [0.29, 0.717) is 0 Å². The van der Waals surface area contributed by atoms with Gasteiger partial charge in [-0.05, 0) is 48.9 Å². The highest BCUT2D eigenvalue weighted by Gasteiger charge is 2.04. The van der Waals surface area contributed by atoms with E-state index in [9.17, 15) is 0 Å². The average molecular weight is 290 g/mol. The van der Waals surface area contributed by atoms with E-state index in [2.05, 4.69) is 72.1 Å². The topological polar surface area (TPSA) is 17.8 Å². The van der Waals surface area contributed by atoms with E-state index in [4.69, 9.17) is 0 Å². The molecule has 0 N–H and O–H groups in total. The average Bonchev–Trinajstić information content (AvgIpc) is 2.97. The predicted molar refractivity (Wildman–Crippen MR) is 91.1 cm³/mol. The van der Waals surface area contributed by atoms with Crippen molar-refractivity contribution in [2.45, 2.75) is 33.2 Å². The first kappa shape index (κ1) is 14.6. The molecule has 22 heavy (non-hydrogen) atoms. The van der Waals surface area contributed by atoms with Gasteiger partial charge in [-0.25, -0.2) is 4.98 Å². The Morgan fingerprint density at radius 1 is 0.909 bits per heavy atom. The fourth-order valence-electron chi connectivity index (χ4n) is 2.76. The lowest BCUT2D eigenvalue weighted by Crippen LogP contribution is -1.97. The van der Waals surface area contributed by atoms with Gasteiger partial charge < -0.3 is 4.57 Å². The normalized spacial score (nSPS) is 10.8. The molecule has 0 bridgehead atoms. The molecule has 3 rings (SSSR count). The van der Waals surface area contributed by atoms with Gasteiger partial charge in [0.2, 0.25) is 0 Å². The largest absolute Gasteiger partial charge is 0.333 e. The SMILES string of the molecule is Cc1cccc(CCc2cn(Cc3ccccc3)cn2)c1C. The Kier molecular flexibility index (Phi) is 4.38. The van der Waals surface area contributed by atoms with Crippen molar-refractivity contribution in [3.05, 3.63) is 89.0 Å². The lowest BCUT2D eigenvalue weighted by molar-refractivity contribution is 0.795. The van der Waals surface area contributed by atoms with Gasteiger partial charge in [0, 0.05) is 12.7 Å². The third-order valence-electron chi connectivity index (χ3n) is 4.26. The summed E-state index contributed by atoms with van der Waals surface area (Å²) in [5.74, 6) is 0. The van der Waals surface area contributed by atoms with E-state index < -0.39 is 0 Å². The number of benzene rings is 2. The van der Waals surface area contributed by atoms with Crippen LogP contribution < -0.4 is 0 Å². The second-order valence-electron chi connectivity index (χ2n) is 5.88. The molecule has 0 amide bonds. The Balaban J connectivity index is 1.63. The molecule has 0 fully saturated rings. The predicted octanol–water partition coefficient (Wildman–Crippen LogP) is 4.33. The Hall–Kier alpha value is -2.35. The number of hydrogen-bond donors (Lipinski definition) is 0. The van der Waals surface area contributed by atoms with Gasteiger partial charge >= 0.3 is 0 Å². The Labute approximate surface area is 132 Å². The quantitative estimate of drug-likeness (QED) is 0.683. The summed E-state index contributed by atoms with van der Waals surface area (Å²) in [5.41, 5.74) is 6.67. The van der Waals surface area contributed by atoms with Crippen LogP contribution in [0.2, 0.25) is 0 Å². The second-order valence-corrected chi connectivity index (χ2v) is 5.88. The molecule has 2 aromatic carbocycles. The van der Waals surface area contributed by atoms with Crippen LogP contribution in [0.4, 0.5) is 0 Å². The molecule has 3 aromatic rings. The van der Waals surface area contributed by atoms with Crippen molar-refractivity contribution in [3.63, 3.8) is 0 Å². The van der Waals surface area contributed by atoms with Crippen LogP contribution in [0.5, 0.6) is 0 Å². The van der Waals surface area contributed by atoms with E-state index in [1.165, 1.54) is 22.3 Å². The minimum atomic E-state index is 0.886. The number of aromatic nitrogens is 2. The summed E-state index contributed by atoms with van der Waals surface area (Å²) in [5, 5.41) is 0. The van der Waals surface area contributed by atoms with Crippen molar-refractivity contribution in [3.8, 4) is 0 Å². The van der Waals surface area contributed by atoms with Crippen molar-refractivity contribution in [1.82, 2.24) is 9.55 Å². The van der Waals surface area contributed by atoms with Crippen LogP contribution in [0.25, 0.3) is 0 Å². The number of imidazole rings is 1. The van der Waals surface area contributed by atoms with E-state index in [1.807, 2.05) is 12.4 Å². The first-order valence-corrected chi connectivity index (χ1v) is 7.82. The first-order chi connectivity index (χ1) is 10.7. The highest BCUT2D eigenvalue weighted by molar-refractivity contribution is 5.33. The molecule has 2 nitrogen and oxygen atoms in total. The Morgan fingerprint density at radius 2 is 1.73 bits per heavy atom. The molecule has 0 unspecified atom stereocenters. The van der Waals surface area contributed by atoms with E-state index in [1.54, 1.807) is 0 Å². The van der Waals surface area contributed by atoms with E-state index in [-0.39, 0.29) is 0 Å². The maximum absolute atomic E-state index is 4.54. The maximum Gasteiger partial charge on any atom is 0.0952 e. The summed E-state index contributed by atoms with van der Waals surface area (Å²) >= 11 is 0. The smallest absolute Gasteiger partial charge is 0.0952 e. The lowest BCUT2D eigenvalue weighted by atomic mass is 9.99. The fourth-order valence-corrected chi connectivity index (χ4v) is 2.76. The third kappa shape index (κ3) is 3.45. The van der Waals surface area contributed by atoms with Crippen molar-refractivity contribution in [2.75, 3.05) is 0 Å². The van der Waals surface area contributed by atoms with Crippen LogP contribution in [0.15, 0.2) is 61.1 Å². The van der Waals surface area contributed by atoms with Crippen LogP contribution in [-0.4, -0.2) is 9.55 Å². The van der Waals surface area contributed by atoms with Crippen molar-refractivity contribution >= 4 is 0 Å². The van der Waals surface area contributed by atoms with Crippen LogP contribution >= 0.6 is 0 Å². The highest BCUT2D eigenvalue weighted by atomic mass is 15.0. The van der Waals surface area contributed by atoms with Gasteiger partial charge in [-0.2, -0.15) is 0 Å². The van der Waals surface area contributed by atoms with Crippen molar-refractivity contribution < 1.29 is 0 Å². The molecule has 0 radical (unpaired) electrons. The zero-order chi connectivity index (χ0) is 15.4. The van der Waals surface area contributed by atoms with Gasteiger partial charge in [0.15, 0.2) is 0 Å². The maximum atomic E-state index is 4.54. The third-order valence-corrected chi connectivity index (χ3v) is 4.26. The van der Waals surface area contributed by atoms with Crippen LogP contribution in [0, 0.1) is 13.8 Å². The van der Waals surface area contributed by atoms with Gasteiger partial charge in [-0.15, -0.1) is 0 Å². The summed E-state index contributed by atoms with van der Waals surface area (Å²) in [6, 6.07) is 17.0. The molecule has 2 heteroatoms. The van der Waals surface area contributed by atoms with Crippen LogP contribution in [-0.2, 0) is 19.4 Å². The molecule has 0 aliphatic rings. The molecule has 1 aromatic heterocycles. The molecule has 0 spiro atoms. The first-order valence-electron chi connectivity index (χ1n) is 7.82. The molecule has 0 saturated carbocycles. The number of nitrogens with zero attached hydrogens (tertiary/aromatic N) is 2. The number of hydrogen-bond acceptors (Lipinski definition) is 1. The van der Waals surface area contributed by atoms with E-state index in [0.717, 1.165) is 25.1 Å². The second kappa shape index (κ2) is 6.61. The molecule has 0 saturated heterocycles. The van der Waals surface area contributed by atoms with Gasteiger partial charge in [0.1, 0.15) is 0 Å². The van der Waals surface area contributed by atoms with Crippen molar-refractivity contribution in [1.29, 1.82) is 0 Å². The Bertz CT molecular complexity index is 741. The minimum absolute atomic E-state index is 0.886. The molecule has 1 heterocycles. The molecular formula is C20H22N2. The number of rotatable bonds is 5. The Morgan fingerprint density at radius 3 is 2.55 bits per heavy atom. The van der Waals surface area contributed by atoms with Crippen LogP contribution in [0.3, 0.4) is 0 Å². The summed E-state index contributed by atoms with van der Waals surface area (Å²) in [6.45, 7) is 5.27. The van der Waals surface area contributed by atoms with Gasteiger partial charge in [-0.3, -0.25) is 0 Å². The summed E-state index contributed by atoms with van der Waals surface area (Å²) < 4.78 is 2.16. The number of aryl methyl sites for hydroxylation is 3. The minimum Gasteiger partial charge on any atom is -0.333 e. The standard InChI is InChI=1S/C20H22N2/c1-16-7-6-10-19(17(16)2)11-12-20-14-22(15-21-20)13-18-8-4-3-5-9-18/h3-10,14-15H,11-13H2,1-2H3. The monoisotopic (exact) mass is 290 g/mol. The molecule has 0 aliphatic carbocycles. The molecule has 112 valence electrons. The summed E-state index contributed by atoms with van der Waals surface area (Å²) in [7, 11) is 0. The summed E-state index contributed by atoms with van der Waals surface area (Å²) in [6.07, 6.45) is 6.14. The lowest BCUT2D eigenvalue weighted by Gasteiger charge is -2.07. The fraction of sp³-hybridized carbons (Fsp3) is 0.250. The van der Waals surface area contributed by atoms with Gasteiger partial charge in [-0.1, -0.05) is 48.5 Å². The van der Waals surface area contributed by atoms with Gasteiger partial charge in [0.05, 0.1) is 12.0 Å². The summed E-state index contributed by atoms with van der Waals surface area (Å²) in [4.78, 5) is 4.54. The van der Waals surface area contributed by atoms with E-state index >= 15 is 0 Å². The van der Waals surface area contributed by atoms with Crippen LogP contribution in [0.1, 0.15) is 27.9 Å². The molecule has 0 atom stereocenters. The van der Waals surface area contributed by atoms with Gasteiger partial charge in [0.25, 0.3) is 0 Å². The molecular weight excluding hydrogens is 268 g/mol.